The van der Waals surface area contributed by atoms with Gasteiger partial charge in [-0.15, -0.1) is 11.3 Å². The maximum Gasteiger partial charge on any atom is 0.272 e. The van der Waals surface area contributed by atoms with Crippen molar-refractivity contribution in [3.63, 3.8) is 0 Å². The first kappa shape index (κ1) is 18.9. The van der Waals surface area contributed by atoms with Gasteiger partial charge in [0.1, 0.15) is 4.88 Å². The molecule has 0 spiro atoms. The summed E-state index contributed by atoms with van der Waals surface area (Å²) < 4.78 is 1.10. The fourth-order valence-electron chi connectivity index (χ4n) is 2.89. The Bertz CT molecular complexity index is 865. The Kier molecular flexibility index (Phi) is 6.01. The summed E-state index contributed by atoms with van der Waals surface area (Å²) in [4.78, 5) is 27.3. The van der Waals surface area contributed by atoms with Crippen LogP contribution in [0.15, 0.2) is 24.3 Å². The SMILES string of the molecule is CCN(CC)CCN(C(=O)c1sc(C)nc1C)c1nc2ccccc2s1. The van der Waals surface area contributed by atoms with Crippen LogP contribution in [0.4, 0.5) is 5.13 Å². The molecule has 0 radical (unpaired) electrons. The molecule has 0 aliphatic carbocycles. The van der Waals surface area contributed by atoms with Crippen LogP contribution in [0.3, 0.4) is 0 Å². The van der Waals surface area contributed by atoms with Crippen molar-refractivity contribution < 1.29 is 4.79 Å². The van der Waals surface area contributed by atoms with Crippen molar-refractivity contribution in [2.75, 3.05) is 31.1 Å². The predicted octanol–water partition coefficient (Wildman–Crippen LogP) is 4.36. The molecule has 0 aliphatic heterocycles. The van der Waals surface area contributed by atoms with E-state index in [1.54, 1.807) is 11.3 Å². The van der Waals surface area contributed by atoms with Crippen molar-refractivity contribution in [2.24, 2.45) is 0 Å². The number of aromatic nitrogens is 2. The third kappa shape index (κ3) is 3.95. The standard InChI is InChI=1S/C19H24N4OS2/c1-5-22(6-2)11-12-23(18(24)17-13(3)20-14(4)25-17)19-21-15-9-7-8-10-16(15)26-19/h7-10H,5-6,11-12H2,1-4H3. The van der Waals surface area contributed by atoms with E-state index in [2.05, 4.69) is 23.7 Å². The third-order valence-electron chi connectivity index (χ3n) is 4.39. The number of hydrogen-bond acceptors (Lipinski definition) is 6. The zero-order valence-corrected chi connectivity index (χ0v) is 17.3. The minimum absolute atomic E-state index is 0.000637. The van der Waals surface area contributed by atoms with Crippen LogP contribution in [-0.4, -0.2) is 47.0 Å². The molecule has 2 aromatic heterocycles. The van der Waals surface area contributed by atoms with Crippen molar-refractivity contribution >= 4 is 43.9 Å². The van der Waals surface area contributed by atoms with Gasteiger partial charge in [-0.3, -0.25) is 9.69 Å². The second kappa shape index (κ2) is 8.24. The fraction of sp³-hybridized carbons (Fsp3) is 0.421. The van der Waals surface area contributed by atoms with Gasteiger partial charge in [-0.2, -0.15) is 0 Å². The first-order valence-corrected chi connectivity index (χ1v) is 10.5. The number of para-hydroxylation sites is 1. The van der Waals surface area contributed by atoms with Crippen LogP contribution in [0, 0.1) is 13.8 Å². The second-order valence-electron chi connectivity index (χ2n) is 6.10. The van der Waals surface area contributed by atoms with Crippen molar-refractivity contribution in [1.82, 2.24) is 14.9 Å². The molecule has 0 aliphatic rings. The Morgan fingerprint density at radius 1 is 1.04 bits per heavy atom. The highest BCUT2D eigenvalue weighted by Gasteiger charge is 2.25. The van der Waals surface area contributed by atoms with Gasteiger partial charge < -0.3 is 4.90 Å². The van der Waals surface area contributed by atoms with Crippen LogP contribution < -0.4 is 4.90 Å². The quantitative estimate of drug-likeness (QED) is 0.603. The number of benzene rings is 1. The fourth-order valence-corrected chi connectivity index (χ4v) is 4.75. The van der Waals surface area contributed by atoms with Gasteiger partial charge in [0.05, 0.1) is 20.9 Å². The Morgan fingerprint density at radius 3 is 2.38 bits per heavy atom. The van der Waals surface area contributed by atoms with E-state index in [1.807, 2.05) is 43.0 Å². The topological polar surface area (TPSA) is 49.3 Å². The second-order valence-corrected chi connectivity index (χ2v) is 8.31. The Morgan fingerprint density at radius 2 is 1.77 bits per heavy atom. The van der Waals surface area contributed by atoms with Crippen LogP contribution in [0.1, 0.15) is 34.2 Å². The van der Waals surface area contributed by atoms with Crippen molar-refractivity contribution in [2.45, 2.75) is 27.7 Å². The number of nitrogens with zero attached hydrogens (tertiary/aromatic N) is 4. The molecular formula is C19H24N4OS2. The van der Waals surface area contributed by atoms with Gasteiger partial charge in [0.15, 0.2) is 5.13 Å². The molecular weight excluding hydrogens is 364 g/mol. The lowest BCUT2D eigenvalue weighted by molar-refractivity contribution is 0.0987. The zero-order chi connectivity index (χ0) is 18.7. The summed E-state index contributed by atoms with van der Waals surface area (Å²) in [6.07, 6.45) is 0. The Hall–Kier alpha value is -1.83. The molecule has 7 heteroatoms. The van der Waals surface area contributed by atoms with Gasteiger partial charge >= 0.3 is 0 Å². The molecule has 2 heterocycles. The lowest BCUT2D eigenvalue weighted by Gasteiger charge is -2.24. The minimum atomic E-state index is -0.000637. The van der Waals surface area contributed by atoms with E-state index >= 15 is 0 Å². The lowest BCUT2D eigenvalue weighted by Crippen LogP contribution is -2.38. The molecule has 3 aromatic rings. The van der Waals surface area contributed by atoms with Crippen molar-refractivity contribution in [3.05, 3.63) is 39.8 Å². The molecule has 0 atom stereocenters. The summed E-state index contributed by atoms with van der Waals surface area (Å²) >= 11 is 3.03. The van der Waals surface area contributed by atoms with Crippen LogP contribution in [-0.2, 0) is 0 Å². The monoisotopic (exact) mass is 388 g/mol. The highest BCUT2D eigenvalue weighted by atomic mass is 32.1. The number of aryl methyl sites for hydroxylation is 2. The number of hydrogen-bond donors (Lipinski definition) is 0. The Labute approximate surface area is 162 Å². The number of thiazole rings is 2. The van der Waals surface area contributed by atoms with Crippen molar-refractivity contribution in [1.29, 1.82) is 0 Å². The number of carbonyl (C=O) groups is 1. The lowest BCUT2D eigenvalue weighted by atomic mass is 10.3. The van der Waals surface area contributed by atoms with E-state index in [4.69, 9.17) is 4.98 Å². The van der Waals surface area contributed by atoms with Crippen LogP contribution in [0.5, 0.6) is 0 Å². The van der Waals surface area contributed by atoms with E-state index < -0.39 is 0 Å². The molecule has 3 rings (SSSR count). The Balaban J connectivity index is 1.95. The highest BCUT2D eigenvalue weighted by molar-refractivity contribution is 7.22. The summed E-state index contributed by atoms with van der Waals surface area (Å²) in [6, 6.07) is 8.02. The van der Waals surface area contributed by atoms with Gasteiger partial charge in [-0.25, -0.2) is 9.97 Å². The summed E-state index contributed by atoms with van der Waals surface area (Å²) in [7, 11) is 0. The number of likely N-dealkylation sites (N-methyl/N-ethyl adjacent to an activating group) is 1. The summed E-state index contributed by atoms with van der Waals surface area (Å²) in [5, 5.41) is 1.67. The summed E-state index contributed by atoms with van der Waals surface area (Å²) in [6.45, 7) is 11.5. The molecule has 1 amide bonds. The average molecular weight is 389 g/mol. The third-order valence-corrected chi connectivity index (χ3v) is 6.51. The van der Waals surface area contributed by atoms with Gasteiger partial charge in [-0.1, -0.05) is 37.3 Å². The van der Waals surface area contributed by atoms with E-state index in [0.29, 0.717) is 11.4 Å². The van der Waals surface area contributed by atoms with Gasteiger partial charge in [0, 0.05) is 13.1 Å². The number of carbonyl (C=O) groups excluding carboxylic acids is 1. The molecule has 0 unspecified atom stereocenters. The molecule has 0 saturated heterocycles. The molecule has 5 nitrogen and oxygen atoms in total. The average Bonchev–Trinajstić information content (AvgIpc) is 3.20. The summed E-state index contributed by atoms with van der Waals surface area (Å²) in [5.74, 6) is -0.000637. The molecule has 1 aromatic carbocycles. The molecule has 0 bridgehead atoms. The van der Waals surface area contributed by atoms with Crippen LogP contribution >= 0.6 is 22.7 Å². The zero-order valence-electron chi connectivity index (χ0n) is 15.7. The molecule has 26 heavy (non-hydrogen) atoms. The first-order valence-electron chi connectivity index (χ1n) is 8.87. The molecule has 138 valence electrons. The number of rotatable bonds is 7. The molecule has 0 N–H and O–H groups in total. The van der Waals surface area contributed by atoms with E-state index in [9.17, 15) is 4.79 Å². The normalized spacial score (nSPS) is 11.4. The van der Waals surface area contributed by atoms with Crippen LogP contribution in [0.25, 0.3) is 10.2 Å². The maximum absolute atomic E-state index is 13.3. The van der Waals surface area contributed by atoms with Crippen LogP contribution in [0.2, 0.25) is 0 Å². The number of anilines is 1. The van der Waals surface area contributed by atoms with Gasteiger partial charge in [0.25, 0.3) is 5.91 Å². The van der Waals surface area contributed by atoms with E-state index in [0.717, 1.165) is 45.7 Å². The van der Waals surface area contributed by atoms with Gasteiger partial charge in [0.2, 0.25) is 0 Å². The minimum Gasteiger partial charge on any atom is -0.302 e. The predicted molar refractivity (Wildman–Crippen MR) is 111 cm³/mol. The first-order chi connectivity index (χ1) is 12.5. The molecule has 0 saturated carbocycles. The maximum atomic E-state index is 13.3. The smallest absolute Gasteiger partial charge is 0.272 e. The number of amides is 1. The number of fused-ring (bicyclic) bond motifs is 1. The van der Waals surface area contributed by atoms with E-state index in [1.165, 1.54) is 11.3 Å². The highest BCUT2D eigenvalue weighted by Crippen LogP contribution is 2.30. The van der Waals surface area contributed by atoms with E-state index in [-0.39, 0.29) is 5.91 Å². The van der Waals surface area contributed by atoms with Gasteiger partial charge in [-0.05, 0) is 39.1 Å². The van der Waals surface area contributed by atoms with Crippen molar-refractivity contribution in [3.8, 4) is 0 Å². The largest absolute Gasteiger partial charge is 0.302 e. The summed E-state index contributed by atoms with van der Waals surface area (Å²) in [5.41, 5.74) is 1.73. The molecule has 0 fully saturated rings.